The Morgan fingerprint density at radius 3 is 3.27 bits per heavy atom. The molecule has 1 saturated heterocycles. The first-order valence-corrected chi connectivity index (χ1v) is 5.06. The summed E-state index contributed by atoms with van der Waals surface area (Å²) >= 11 is 0. The molecule has 0 saturated carbocycles. The number of aliphatic hydroxyl groups is 1. The van der Waals surface area contributed by atoms with E-state index in [4.69, 9.17) is 9.84 Å². The van der Waals surface area contributed by atoms with Crippen molar-refractivity contribution in [3.63, 3.8) is 0 Å². The zero-order valence-electron chi connectivity index (χ0n) is 8.76. The number of anilines is 1. The smallest absolute Gasteiger partial charge is 0.132 e. The number of nitrogens with zero attached hydrogens (tertiary/aromatic N) is 3. The van der Waals surface area contributed by atoms with Gasteiger partial charge in [0.2, 0.25) is 0 Å². The Balaban J connectivity index is 2.09. The molecule has 0 aliphatic carbocycles. The van der Waals surface area contributed by atoms with Crippen molar-refractivity contribution in [3.05, 3.63) is 18.1 Å². The number of rotatable bonds is 2. The minimum Gasteiger partial charge on any atom is -0.394 e. The fourth-order valence-corrected chi connectivity index (χ4v) is 1.66. The summed E-state index contributed by atoms with van der Waals surface area (Å²) in [6, 6.07) is 1.88. The number of aliphatic hydroxyl groups excluding tert-OH is 1. The molecule has 0 unspecified atom stereocenters. The summed E-state index contributed by atoms with van der Waals surface area (Å²) in [7, 11) is 0. The molecular formula is C10H15N3O2. The number of aryl methyl sites for hydroxylation is 1. The Hall–Kier alpha value is -1.20. The van der Waals surface area contributed by atoms with E-state index < -0.39 is 0 Å². The highest BCUT2D eigenvalue weighted by molar-refractivity contribution is 5.37. The van der Waals surface area contributed by atoms with Gasteiger partial charge in [0.05, 0.1) is 19.3 Å². The van der Waals surface area contributed by atoms with E-state index in [1.165, 1.54) is 0 Å². The SMILES string of the molecule is Cc1nccc(N2CCO[C@H](CO)C2)n1. The van der Waals surface area contributed by atoms with Crippen LogP contribution in [0, 0.1) is 6.92 Å². The first-order chi connectivity index (χ1) is 7.29. The Labute approximate surface area is 88.7 Å². The predicted octanol–water partition coefficient (Wildman–Crippen LogP) is -0.0175. The maximum absolute atomic E-state index is 9.03. The average Bonchev–Trinajstić information content (AvgIpc) is 2.29. The fourth-order valence-electron chi connectivity index (χ4n) is 1.66. The first kappa shape index (κ1) is 10.3. The van der Waals surface area contributed by atoms with Crippen LogP contribution in [0.3, 0.4) is 0 Å². The molecule has 5 nitrogen and oxygen atoms in total. The lowest BCUT2D eigenvalue weighted by atomic mass is 10.3. The standard InChI is InChI=1S/C10H15N3O2/c1-8-11-3-2-10(12-8)13-4-5-15-9(6-13)7-14/h2-3,9,14H,4-7H2,1H3/t9-/m0/s1. The minimum atomic E-state index is -0.103. The molecule has 82 valence electrons. The molecule has 1 aliphatic heterocycles. The van der Waals surface area contributed by atoms with Crippen molar-refractivity contribution in [2.75, 3.05) is 31.2 Å². The van der Waals surface area contributed by atoms with Gasteiger partial charge >= 0.3 is 0 Å². The molecule has 5 heteroatoms. The second-order valence-corrected chi connectivity index (χ2v) is 3.58. The average molecular weight is 209 g/mol. The van der Waals surface area contributed by atoms with Gasteiger partial charge in [0.25, 0.3) is 0 Å². The van der Waals surface area contributed by atoms with Crippen molar-refractivity contribution in [2.45, 2.75) is 13.0 Å². The Morgan fingerprint density at radius 2 is 2.53 bits per heavy atom. The van der Waals surface area contributed by atoms with Crippen LogP contribution in [0.1, 0.15) is 5.82 Å². The van der Waals surface area contributed by atoms with Crippen molar-refractivity contribution < 1.29 is 9.84 Å². The lowest BCUT2D eigenvalue weighted by Crippen LogP contribution is -2.44. The highest BCUT2D eigenvalue weighted by Gasteiger charge is 2.20. The van der Waals surface area contributed by atoms with E-state index in [2.05, 4.69) is 14.9 Å². The van der Waals surface area contributed by atoms with Crippen LogP contribution >= 0.6 is 0 Å². The molecule has 0 spiro atoms. The third-order valence-electron chi connectivity index (χ3n) is 2.43. The monoisotopic (exact) mass is 209 g/mol. The van der Waals surface area contributed by atoms with E-state index in [1.54, 1.807) is 6.20 Å². The number of morpholine rings is 1. The highest BCUT2D eigenvalue weighted by atomic mass is 16.5. The van der Waals surface area contributed by atoms with Gasteiger partial charge in [0, 0.05) is 19.3 Å². The predicted molar refractivity (Wildman–Crippen MR) is 55.8 cm³/mol. The molecule has 1 aromatic heterocycles. The van der Waals surface area contributed by atoms with E-state index in [1.807, 2.05) is 13.0 Å². The van der Waals surface area contributed by atoms with E-state index in [9.17, 15) is 0 Å². The number of ether oxygens (including phenoxy) is 1. The molecule has 2 heterocycles. The van der Waals surface area contributed by atoms with Crippen LogP contribution in [0.4, 0.5) is 5.82 Å². The minimum absolute atomic E-state index is 0.0561. The summed E-state index contributed by atoms with van der Waals surface area (Å²) in [5.41, 5.74) is 0. The van der Waals surface area contributed by atoms with Crippen LogP contribution in [-0.4, -0.2) is 47.5 Å². The summed E-state index contributed by atoms with van der Waals surface area (Å²) in [4.78, 5) is 10.5. The normalized spacial score (nSPS) is 21.7. The third-order valence-corrected chi connectivity index (χ3v) is 2.43. The zero-order valence-corrected chi connectivity index (χ0v) is 8.76. The van der Waals surface area contributed by atoms with Crippen LogP contribution in [0.5, 0.6) is 0 Å². The van der Waals surface area contributed by atoms with E-state index in [-0.39, 0.29) is 12.7 Å². The lowest BCUT2D eigenvalue weighted by molar-refractivity contribution is 0.00335. The van der Waals surface area contributed by atoms with Gasteiger partial charge in [-0.05, 0) is 13.0 Å². The third kappa shape index (κ3) is 2.43. The van der Waals surface area contributed by atoms with Crippen molar-refractivity contribution in [1.82, 2.24) is 9.97 Å². The van der Waals surface area contributed by atoms with Crippen LogP contribution in [0.2, 0.25) is 0 Å². The van der Waals surface area contributed by atoms with Gasteiger partial charge in [0.15, 0.2) is 0 Å². The molecule has 0 aromatic carbocycles. The summed E-state index contributed by atoms with van der Waals surface area (Å²) in [5.74, 6) is 1.67. The molecule has 0 amide bonds. The van der Waals surface area contributed by atoms with Crippen molar-refractivity contribution in [3.8, 4) is 0 Å². The van der Waals surface area contributed by atoms with Crippen LogP contribution < -0.4 is 4.90 Å². The second kappa shape index (κ2) is 4.55. The topological polar surface area (TPSA) is 58.5 Å². The summed E-state index contributed by atoms with van der Waals surface area (Å²) in [5, 5.41) is 9.03. The summed E-state index contributed by atoms with van der Waals surface area (Å²) in [6.07, 6.45) is 1.65. The van der Waals surface area contributed by atoms with Crippen molar-refractivity contribution in [2.24, 2.45) is 0 Å². The van der Waals surface area contributed by atoms with E-state index >= 15 is 0 Å². The van der Waals surface area contributed by atoms with Gasteiger partial charge in [-0.3, -0.25) is 0 Å². The van der Waals surface area contributed by atoms with Crippen LogP contribution in [0.15, 0.2) is 12.3 Å². The summed E-state index contributed by atoms with van der Waals surface area (Å²) < 4.78 is 5.37. The largest absolute Gasteiger partial charge is 0.394 e. The highest BCUT2D eigenvalue weighted by Crippen LogP contribution is 2.14. The Kier molecular flexibility index (Phi) is 3.13. The van der Waals surface area contributed by atoms with Crippen LogP contribution in [0.25, 0.3) is 0 Å². The molecular weight excluding hydrogens is 194 g/mol. The van der Waals surface area contributed by atoms with Crippen molar-refractivity contribution >= 4 is 5.82 Å². The molecule has 1 aromatic rings. The number of hydrogen-bond donors (Lipinski definition) is 1. The van der Waals surface area contributed by atoms with Gasteiger partial charge in [-0.2, -0.15) is 0 Å². The van der Waals surface area contributed by atoms with E-state index in [0.717, 1.165) is 18.2 Å². The molecule has 2 rings (SSSR count). The number of hydrogen-bond acceptors (Lipinski definition) is 5. The molecule has 1 atom stereocenters. The van der Waals surface area contributed by atoms with Crippen molar-refractivity contribution in [1.29, 1.82) is 0 Å². The van der Waals surface area contributed by atoms with Gasteiger partial charge in [-0.1, -0.05) is 0 Å². The first-order valence-electron chi connectivity index (χ1n) is 5.06. The molecule has 0 bridgehead atoms. The quantitative estimate of drug-likeness (QED) is 0.742. The second-order valence-electron chi connectivity index (χ2n) is 3.58. The van der Waals surface area contributed by atoms with E-state index in [0.29, 0.717) is 13.2 Å². The maximum Gasteiger partial charge on any atom is 0.132 e. The van der Waals surface area contributed by atoms with Gasteiger partial charge in [-0.15, -0.1) is 0 Å². The maximum atomic E-state index is 9.03. The molecule has 1 fully saturated rings. The van der Waals surface area contributed by atoms with Crippen LogP contribution in [-0.2, 0) is 4.74 Å². The summed E-state index contributed by atoms with van der Waals surface area (Å²) in [6.45, 7) is 4.06. The van der Waals surface area contributed by atoms with Gasteiger partial charge < -0.3 is 14.7 Å². The van der Waals surface area contributed by atoms with Gasteiger partial charge in [-0.25, -0.2) is 9.97 Å². The fraction of sp³-hybridized carbons (Fsp3) is 0.600. The molecule has 1 N–H and O–H groups in total. The van der Waals surface area contributed by atoms with Gasteiger partial charge in [0.1, 0.15) is 11.6 Å². The zero-order chi connectivity index (χ0) is 10.7. The molecule has 0 radical (unpaired) electrons. The molecule has 1 aliphatic rings. The number of aromatic nitrogens is 2. The lowest BCUT2D eigenvalue weighted by Gasteiger charge is -2.32. The Bertz CT molecular complexity index is 332. The Morgan fingerprint density at radius 1 is 1.67 bits per heavy atom. The molecule has 15 heavy (non-hydrogen) atoms.